The van der Waals surface area contributed by atoms with E-state index in [1.165, 1.54) is 32.6 Å². The molecule has 0 amide bonds. The van der Waals surface area contributed by atoms with Crippen LogP contribution >= 0.6 is 23.4 Å². The van der Waals surface area contributed by atoms with E-state index in [1.54, 1.807) is 6.33 Å². The maximum atomic E-state index is 6.18. The fourth-order valence-corrected chi connectivity index (χ4v) is 5.65. The Kier molecular flexibility index (Phi) is 6.90. The number of hydrogen-bond acceptors (Lipinski definition) is 3. The van der Waals surface area contributed by atoms with Gasteiger partial charge in [0.25, 0.3) is 0 Å². The summed E-state index contributed by atoms with van der Waals surface area (Å²) in [4.78, 5) is 5.87. The van der Waals surface area contributed by atoms with Crippen LogP contribution < -0.4 is 0 Å². The maximum Gasteiger partial charge on any atom is 0.137 e. The van der Waals surface area contributed by atoms with E-state index in [4.69, 9.17) is 11.6 Å². The number of hydrogen-bond donors (Lipinski definition) is 1. The van der Waals surface area contributed by atoms with Crippen LogP contribution in [0.5, 0.6) is 0 Å². The molecule has 2 aromatic carbocycles. The summed E-state index contributed by atoms with van der Waals surface area (Å²) >= 11 is 8.14. The molecule has 4 rings (SSSR count). The first-order chi connectivity index (χ1) is 15.9. The molecule has 0 saturated heterocycles. The van der Waals surface area contributed by atoms with Gasteiger partial charge in [-0.1, -0.05) is 78.3 Å². The molecule has 0 radical (unpaired) electrons. The van der Waals surface area contributed by atoms with E-state index in [0.717, 1.165) is 23.8 Å². The first-order valence-electron chi connectivity index (χ1n) is 11.9. The molecule has 0 atom stereocenters. The number of nitrogens with one attached hydrogen (secondary N) is 1. The average molecular weight is 495 g/mol. The molecular formula is C28H35ClN4S. The fourth-order valence-electron chi connectivity index (χ4n) is 4.34. The second kappa shape index (κ2) is 9.43. The van der Waals surface area contributed by atoms with E-state index in [9.17, 15) is 0 Å². The largest absolute Gasteiger partial charge is 0.339 e. The third-order valence-electron chi connectivity index (χ3n) is 6.14. The van der Waals surface area contributed by atoms with Gasteiger partial charge in [-0.25, -0.2) is 4.98 Å². The minimum atomic E-state index is -0.198. The van der Waals surface area contributed by atoms with Crippen molar-refractivity contribution in [1.82, 2.24) is 19.7 Å². The summed E-state index contributed by atoms with van der Waals surface area (Å²) in [5, 5.41) is 9.33. The number of nitrogens with zero attached hydrogens (tertiary/aromatic N) is 3. The molecule has 0 aliphatic heterocycles. The highest BCUT2D eigenvalue weighted by Gasteiger charge is 2.31. The number of H-pyrrole nitrogens is 1. The van der Waals surface area contributed by atoms with Crippen LogP contribution in [0.3, 0.4) is 0 Å². The van der Waals surface area contributed by atoms with Crippen molar-refractivity contribution in [3.05, 3.63) is 76.5 Å². The van der Waals surface area contributed by atoms with Gasteiger partial charge in [0.15, 0.2) is 0 Å². The Morgan fingerprint density at radius 1 is 1.03 bits per heavy atom. The maximum absolute atomic E-state index is 6.18. The van der Waals surface area contributed by atoms with E-state index >= 15 is 0 Å². The van der Waals surface area contributed by atoms with Gasteiger partial charge in [0.2, 0.25) is 0 Å². The van der Waals surface area contributed by atoms with Crippen LogP contribution in [0.4, 0.5) is 0 Å². The van der Waals surface area contributed by atoms with Crippen LogP contribution in [0, 0.1) is 0 Å². The average Bonchev–Trinajstić information content (AvgIpc) is 3.38. The summed E-state index contributed by atoms with van der Waals surface area (Å²) in [5.74, 6) is 1.39. The smallest absolute Gasteiger partial charge is 0.137 e. The van der Waals surface area contributed by atoms with Crippen molar-refractivity contribution < 1.29 is 0 Å². The van der Waals surface area contributed by atoms with E-state index < -0.39 is 0 Å². The number of rotatable bonds is 7. The minimum absolute atomic E-state index is 0.0817. The van der Waals surface area contributed by atoms with Gasteiger partial charge in [-0.15, -0.1) is 11.8 Å². The number of aromatic nitrogens is 4. The quantitative estimate of drug-likeness (QED) is 0.265. The van der Waals surface area contributed by atoms with Crippen molar-refractivity contribution >= 4 is 34.3 Å². The van der Waals surface area contributed by atoms with E-state index in [2.05, 4.69) is 98.5 Å². The number of fused-ring (bicyclic) bond motifs is 1. The van der Waals surface area contributed by atoms with Crippen molar-refractivity contribution in [1.29, 1.82) is 0 Å². The fraction of sp³-hybridized carbons (Fsp3) is 0.429. The zero-order valence-electron chi connectivity index (χ0n) is 21.2. The standard InChI is InChI=1S/C28H35ClN4S/c1-18(2)20-10-13-23-22(14-20)25(34-27(3,4)5)24(15-28(6,7)26-30-17-31-32-26)33(23)16-19-8-11-21(29)12-9-19/h8-14,17-18H,15-16H2,1-7H3,(H,30,31,32). The summed E-state index contributed by atoms with van der Waals surface area (Å²) in [5.41, 5.74) is 5.02. The lowest BCUT2D eigenvalue weighted by atomic mass is 9.87. The van der Waals surface area contributed by atoms with E-state index in [0.29, 0.717) is 5.92 Å². The summed E-state index contributed by atoms with van der Waals surface area (Å²) in [7, 11) is 0. The van der Waals surface area contributed by atoms with Gasteiger partial charge >= 0.3 is 0 Å². The molecule has 0 unspecified atom stereocenters. The zero-order valence-corrected chi connectivity index (χ0v) is 22.8. The Morgan fingerprint density at radius 2 is 1.74 bits per heavy atom. The van der Waals surface area contributed by atoms with Crippen molar-refractivity contribution in [2.75, 3.05) is 0 Å². The predicted molar refractivity (Wildman–Crippen MR) is 145 cm³/mol. The SMILES string of the molecule is CC(C)c1ccc2c(c1)c(SC(C)(C)C)c(CC(C)(C)c1ncn[nH]1)n2Cc1ccc(Cl)cc1. The predicted octanol–water partition coefficient (Wildman–Crippen LogP) is 8.00. The molecule has 0 aliphatic carbocycles. The van der Waals surface area contributed by atoms with E-state index in [1.807, 2.05) is 23.9 Å². The molecule has 2 aromatic heterocycles. The number of benzene rings is 2. The van der Waals surface area contributed by atoms with Crippen LogP contribution in [0.1, 0.15) is 77.0 Å². The van der Waals surface area contributed by atoms with Crippen LogP contribution in [-0.2, 0) is 18.4 Å². The van der Waals surface area contributed by atoms with Crippen molar-refractivity contribution in [3.63, 3.8) is 0 Å². The van der Waals surface area contributed by atoms with Gasteiger partial charge in [0.1, 0.15) is 12.2 Å². The van der Waals surface area contributed by atoms with Crippen molar-refractivity contribution in [2.24, 2.45) is 0 Å². The lowest BCUT2D eigenvalue weighted by molar-refractivity contribution is 0.470. The van der Waals surface area contributed by atoms with Crippen LogP contribution in [-0.4, -0.2) is 24.5 Å². The van der Waals surface area contributed by atoms with Crippen molar-refractivity contribution in [2.45, 2.75) is 82.4 Å². The third kappa shape index (κ3) is 5.36. The topological polar surface area (TPSA) is 46.5 Å². The summed E-state index contributed by atoms with van der Waals surface area (Å²) in [6, 6.07) is 15.2. The summed E-state index contributed by atoms with van der Waals surface area (Å²) in [6.45, 7) is 16.7. The molecule has 1 N–H and O–H groups in total. The Hall–Kier alpha value is -2.24. The molecule has 4 nitrogen and oxygen atoms in total. The molecule has 0 spiro atoms. The first-order valence-corrected chi connectivity index (χ1v) is 13.1. The number of aromatic amines is 1. The Balaban J connectivity index is 1.95. The lowest BCUT2D eigenvalue weighted by Crippen LogP contribution is -2.25. The lowest BCUT2D eigenvalue weighted by Gasteiger charge is -2.25. The second-order valence-corrected chi connectivity index (χ2v) is 13.3. The number of halogens is 1. The minimum Gasteiger partial charge on any atom is -0.339 e. The normalized spacial score (nSPS) is 12.7. The second-order valence-electron chi connectivity index (χ2n) is 11.0. The summed E-state index contributed by atoms with van der Waals surface area (Å²) in [6.07, 6.45) is 2.44. The highest BCUT2D eigenvalue weighted by Crippen LogP contribution is 2.44. The molecular weight excluding hydrogens is 460 g/mol. The Labute approximate surface area is 212 Å². The monoisotopic (exact) mass is 494 g/mol. The molecule has 0 saturated carbocycles. The molecule has 4 aromatic rings. The Bertz CT molecular complexity index is 1260. The molecule has 6 heteroatoms. The van der Waals surface area contributed by atoms with Crippen molar-refractivity contribution in [3.8, 4) is 0 Å². The van der Waals surface area contributed by atoms with Gasteiger partial charge in [-0.05, 0) is 41.3 Å². The Morgan fingerprint density at radius 3 is 2.32 bits per heavy atom. The highest BCUT2D eigenvalue weighted by atomic mass is 35.5. The van der Waals surface area contributed by atoms with Gasteiger partial charge < -0.3 is 4.57 Å². The summed E-state index contributed by atoms with van der Waals surface area (Å²) < 4.78 is 2.58. The molecule has 0 bridgehead atoms. The van der Waals surface area contributed by atoms with E-state index in [-0.39, 0.29) is 10.2 Å². The van der Waals surface area contributed by atoms with Crippen LogP contribution in [0.2, 0.25) is 5.02 Å². The molecule has 0 fully saturated rings. The third-order valence-corrected chi connectivity index (χ3v) is 7.66. The molecule has 0 aliphatic rings. The zero-order chi connectivity index (χ0) is 24.7. The van der Waals surface area contributed by atoms with Gasteiger partial charge in [0, 0.05) is 49.6 Å². The first kappa shape index (κ1) is 24.9. The van der Waals surface area contributed by atoms with Gasteiger partial charge in [0.05, 0.1) is 0 Å². The van der Waals surface area contributed by atoms with Gasteiger partial charge in [-0.3, -0.25) is 5.10 Å². The van der Waals surface area contributed by atoms with Crippen LogP contribution in [0.25, 0.3) is 10.9 Å². The van der Waals surface area contributed by atoms with Crippen LogP contribution in [0.15, 0.2) is 53.7 Å². The molecule has 180 valence electrons. The molecule has 2 heterocycles. The van der Waals surface area contributed by atoms with Gasteiger partial charge in [-0.2, -0.15) is 5.10 Å². The molecule has 34 heavy (non-hydrogen) atoms. The number of thioether (sulfide) groups is 1. The highest BCUT2D eigenvalue weighted by molar-refractivity contribution is 8.00.